The molecule has 3 aromatic rings. The first-order chi connectivity index (χ1) is 13.0. The minimum absolute atomic E-state index is 0.0567. The molecule has 2 aromatic heterocycles. The first kappa shape index (κ1) is 19.7. The number of furan rings is 1. The summed E-state index contributed by atoms with van der Waals surface area (Å²) in [7, 11) is 0. The molecule has 0 saturated carbocycles. The lowest BCUT2D eigenvalue weighted by Gasteiger charge is -2.25. The third-order valence-corrected chi connectivity index (χ3v) is 6.10. The second-order valence-corrected chi connectivity index (χ2v) is 9.18. The molecule has 0 radical (unpaired) electrons. The Labute approximate surface area is 167 Å². The molecule has 1 amide bonds. The van der Waals surface area contributed by atoms with E-state index >= 15 is 0 Å². The number of carbonyl (C=O) groups is 1. The first-order valence-electron chi connectivity index (χ1n) is 8.80. The van der Waals surface area contributed by atoms with Crippen LogP contribution in [0.1, 0.15) is 30.0 Å². The minimum atomic E-state index is -1.37. The average molecular weight is 402 g/mol. The van der Waals surface area contributed by atoms with Gasteiger partial charge in [0.25, 0.3) is 0 Å². The molecule has 0 aliphatic carbocycles. The van der Waals surface area contributed by atoms with E-state index in [1.54, 1.807) is 23.9 Å². The van der Waals surface area contributed by atoms with Crippen molar-refractivity contribution in [2.45, 2.75) is 36.0 Å². The highest BCUT2D eigenvalue weighted by Crippen LogP contribution is 2.32. The van der Waals surface area contributed by atoms with Crippen LogP contribution in [0.5, 0.6) is 0 Å². The normalized spacial score (nSPS) is 13.5. The summed E-state index contributed by atoms with van der Waals surface area (Å²) in [5.74, 6) is 0.279. The van der Waals surface area contributed by atoms with Crippen LogP contribution in [0.4, 0.5) is 0 Å². The molecule has 27 heavy (non-hydrogen) atoms. The summed E-state index contributed by atoms with van der Waals surface area (Å²) >= 11 is 3.22. The maximum absolute atomic E-state index is 12.4. The van der Waals surface area contributed by atoms with Crippen LogP contribution < -0.4 is 5.32 Å². The molecule has 0 saturated heterocycles. The van der Waals surface area contributed by atoms with E-state index in [0.717, 1.165) is 10.4 Å². The van der Waals surface area contributed by atoms with Crippen LogP contribution in [-0.2, 0) is 16.8 Å². The lowest BCUT2D eigenvalue weighted by Crippen LogP contribution is -2.41. The number of rotatable bonds is 8. The number of thioether (sulfide) groups is 1. The predicted octanol–water partition coefficient (Wildman–Crippen LogP) is 4.44. The molecule has 2 heterocycles. The van der Waals surface area contributed by atoms with Gasteiger partial charge in [0.2, 0.25) is 5.91 Å². The summed E-state index contributed by atoms with van der Waals surface area (Å²) in [4.78, 5) is 14.3. The Balaban J connectivity index is 1.63. The summed E-state index contributed by atoms with van der Waals surface area (Å²) in [6, 6.07) is 15.2. The molecular weight excluding hydrogens is 378 g/mol. The van der Waals surface area contributed by atoms with Crippen molar-refractivity contribution in [3.63, 3.8) is 0 Å². The molecule has 1 atom stereocenters. The van der Waals surface area contributed by atoms with Crippen LogP contribution in [-0.4, -0.2) is 22.8 Å². The molecule has 6 heteroatoms. The number of thiophene rings is 1. The summed E-state index contributed by atoms with van der Waals surface area (Å²) in [5, 5.41) is 16.4. The van der Waals surface area contributed by atoms with Gasteiger partial charge in [-0.3, -0.25) is 4.79 Å². The maximum Gasteiger partial charge on any atom is 0.224 e. The van der Waals surface area contributed by atoms with Gasteiger partial charge in [-0.15, -0.1) is 23.1 Å². The van der Waals surface area contributed by atoms with Gasteiger partial charge in [-0.2, -0.15) is 0 Å². The lowest BCUT2D eigenvalue weighted by atomic mass is 9.98. The van der Waals surface area contributed by atoms with Crippen LogP contribution in [0.2, 0.25) is 0 Å². The van der Waals surface area contributed by atoms with Gasteiger partial charge in [-0.05, 0) is 41.3 Å². The second-order valence-electron chi connectivity index (χ2n) is 6.58. The zero-order chi connectivity index (χ0) is 19.3. The van der Waals surface area contributed by atoms with E-state index in [2.05, 4.69) is 19.2 Å². The fraction of sp³-hybridized carbons (Fsp3) is 0.286. The largest absolute Gasteiger partial charge is 0.466 e. The summed E-state index contributed by atoms with van der Waals surface area (Å²) in [5.41, 5.74) is -0.427. The van der Waals surface area contributed by atoms with E-state index in [0.29, 0.717) is 11.0 Å². The topological polar surface area (TPSA) is 62.5 Å². The van der Waals surface area contributed by atoms with E-state index in [1.165, 1.54) is 22.5 Å². The highest BCUT2D eigenvalue weighted by atomic mass is 32.2. The number of hydrogen-bond donors (Lipinski definition) is 2. The van der Waals surface area contributed by atoms with Crippen LogP contribution in [0.3, 0.4) is 0 Å². The molecule has 0 spiro atoms. The van der Waals surface area contributed by atoms with Crippen LogP contribution >= 0.6 is 23.1 Å². The number of hydrogen-bond acceptors (Lipinski definition) is 5. The van der Waals surface area contributed by atoms with Crippen molar-refractivity contribution >= 4 is 29.0 Å². The van der Waals surface area contributed by atoms with Gasteiger partial charge in [0.1, 0.15) is 5.76 Å². The van der Waals surface area contributed by atoms with Crippen molar-refractivity contribution in [3.8, 4) is 0 Å². The molecule has 142 valence electrons. The highest BCUT2D eigenvalue weighted by Gasteiger charge is 2.36. The van der Waals surface area contributed by atoms with Gasteiger partial charge >= 0.3 is 0 Å². The van der Waals surface area contributed by atoms with Crippen molar-refractivity contribution in [2.75, 3.05) is 6.54 Å². The number of nitrogens with one attached hydrogen (secondary N) is 1. The van der Waals surface area contributed by atoms with E-state index in [4.69, 9.17) is 4.42 Å². The Morgan fingerprint density at radius 1 is 1.22 bits per heavy atom. The van der Waals surface area contributed by atoms with E-state index in [1.807, 2.05) is 41.8 Å². The van der Waals surface area contributed by atoms with Gasteiger partial charge in [0.05, 0.1) is 19.2 Å². The Morgan fingerprint density at radius 2 is 2.00 bits per heavy atom. The van der Waals surface area contributed by atoms with Crippen molar-refractivity contribution in [3.05, 3.63) is 76.4 Å². The number of carbonyl (C=O) groups excluding carboxylic acids is 1. The first-order valence-corrected chi connectivity index (χ1v) is 10.6. The van der Waals surface area contributed by atoms with Gasteiger partial charge < -0.3 is 14.8 Å². The molecule has 1 aromatic carbocycles. The molecule has 0 aliphatic rings. The summed E-state index contributed by atoms with van der Waals surface area (Å²) in [6.07, 6.45) is 1.79. The molecule has 0 fully saturated rings. The fourth-order valence-electron chi connectivity index (χ4n) is 2.76. The lowest BCUT2D eigenvalue weighted by molar-refractivity contribution is -0.121. The second kappa shape index (κ2) is 8.78. The standard InChI is InChI=1S/C21H23NO3S2/c1-15(2)27-17-9-7-16(8-10-17)13-20(23)22-14-21(24,18-5-3-11-25-18)19-6-4-12-26-19/h3-12,15,24H,13-14H2,1-2H3,(H,22,23). The van der Waals surface area contributed by atoms with Crippen LogP contribution in [0.15, 0.2) is 69.5 Å². The third kappa shape index (κ3) is 5.03. The summed E-state index contributed by atoms with van der Waals surface area (Å²) in [6.45, 7) is 4.36. The Morgan fingerprint density at radius 3 is 2.59 bits per heavy atom. The summed E-state index contributed by atoms with van der Waals surface area (Å²) < 4.78 is 5.42. The SMILES string of the molecule is CC(C)Sc1ccc(CC(=O)NCC(O)(c2ccco2)c2cccs2)cc1. The van der Waals surface area contributed by atoms with Gasteiger partial charge in [0.15, 0.2) is 5.60 Å². The van der Waals surface area contributed by atoms with Crippen molar-refractivity contribution in [2.24, 2.45) is 0 Å². The van der Waals surface area contributed by atoms with Crippen molar-refractivity contribution in [1.82, 2.24) is 5.32 Å². The number of aliphatic hydroxyl groups is 1. The molecule has 0 bridgehead atoms. The molecule has 0 aliphatic heterocycles. The molecule has 4 nitrogen and oxygen atoms in total. The van der Waals surface area contributed by atoms with Gasteiger partial charge in [-0.25, -0.2) is 0 Å². The quantitative estimate of drug-likeness (QED) is 0.548. The Kier molecular flexibility index (Phi) is 6.42. The van der Waals surface area contributed by atoms with Gasteiger partial charge in [-0.1, -0.05) is 32.0 Å². The zero-order valence-corrected chi connectivity index (χ0v) is 17.0. The van der Waals surface area contributed by atoms with E-state index in [9.17, 15) is 9.90 Å². The van der Waals surface area contributed by atoms with Crippen molar-refractivity contribution < 1.29 is 14.3 Å². The predicted molar refractivity (Wildman–Crippen MR) is 110 cm³/mol. The molecule has 3 rings (SSSR count). The highest BCUT2D eigenvalue weighted by molar-refractivity contribution is 7.99. The van der Waals surface area contributed by atoms with Crippen LogP contribution in [0, 0.1) is 0 Å². The number of benzene rings is 1. The van der Waals surface area contributed by atoms with Gasteiger partial charge in [0, 0.05) is 15.0 Å². The molecular formula is C21H23NO3S2. The smallest absolute Gasteiger partial charge is 0.224 e. The average Bonchev–Trinajstić information content (AvgIpc) is 3.35. The third-order valence-electron chi connectivity index (χ3n) is 4.06. The maximum atomic E-state index is 12.4. The van der Waals surface area contributed by atoms with Crippen LogP contribution in [0.25, 0.3) is 0 Å². The Bertz CT molecular complexity index is 806. The van der Waals surface area contributed by atoms with Crippen molar-refractivity contribution in [1.29, 1.82) is 0 Å². The Hall–Kier alpha value is -2.02. The monoisotopic (exact) mass is 401 g/mol. The fourth-order valence-corrected chi connectivity index (χ4v) is 4.42. The molecule has 1 unspecified atom stereocenters. The zero-order valence-electron chi connectivity index (χ0n) is 15.3. The molecule has 2 N–H and O–H groups in total. The number of amides is 1. The minimum Gasteiger partial charge on any atom is -0.466 e. The van der Waals surface area contributed by atoms with E-state index < -0.39 is 5.60 Å². The van der Waals surface area contributed by atoms with E-state index in [-0.39, 0.29) is 18.9 Å².